The van der Waals surface area contributed by atoms with Gasteiger partial charge in [0, 0.05) is 5.38 Å². The van der Waals surface area contributed by atoms with Crippen LogP contribution in [0, 0.1) is 0 Å². The Morgan fingerprint density at radius 2 is 2.16 bits per heavy atom. The summed E-state index contributed by atoms with van der Waals surface area (Å²) in [6.45, 7) is 0. The largest absolute Gasteiger partial charge is 0.398 e. The molecule has 0 unspecified atom stereocenters. The zero-order valence-electron chi connectivity index (χ0n) is 12.4. The number of nitrogens with two attached hydrogens (primary N) is 2. The number of thiazole rings is 1. The summed E-state index contributed by atoms with van der Waals surface area (Å²) in [5.74, 6) is -3.48. The van der Waals surface area contributed by atoms with E-state index in [0.29, 0.717) is 0 Å². The summed E-state index contributed by atoms with van der Waals surface area (Å²) < 4.78 is 31.0. The molecule has 1 aromatic rings. The molecule has 2 heterocycles. The molecule has 0 aromatic carbocycles. The van der Waals surface area contributed by atoms with Gasteiger partial charge >= 0.3 is 10.3 Å². The van der Waals surface area contributed by atoms with Crippen LogP contribution in [-0.2, 0) is 29.5 Å². The standard InChI is InChI=1S/C10H12N6O7S2/c1-23-15-4(3-2-24-10(12)13-3)8(18)14-5-6(7(11)17)16(9(5)19)25(20,21)22/h2,5-6H,1H3,(H2,11,17)(H2,12,13)(H,14,18)(H,20,21,22)/b15-4-/t5-,6-/m1/s1. The van der Waals surface area contributed by atoms with E-state index in [-0.39, 0.29) is 20.8 Å². The number of β-lactam (4-membered cyclic amide) rings is 1. The molecule has 1 aliphatic rings. The highest BCUT2D eigenvalue weighted by atomic mass is 32.2. The Balaban J connectivity index is 2.25. The van der Waals surface area contributed by atoms with Crippen LogP contribution in [0.25, 0.3) is 0 Å². The van der Waals surface area contributed by atoms with Crippen molar-refractivity contribution in [3.8, 4) is 0 Å². The van der Waals surface area contributed by atoms with Gasteiger partial charge in [-0.05, 0) is 0 Å². The normalized spacial score (nSPS) is 20.8. The fraction of sp³-hybridized carbons (Fsp3) is 0.300. The van der Waals surface area contributed by atoms with Crippen molar-refractivity contribution in [3.05, 3.63) is 11.1 Å². The summed E-state index contributed by atoms with van der Waals surface area (Å²) >= 11 is 1.01. The first-order chi connectivity index (χ1) is 11.6. The second-order valence-electron chi connectivity index (χ2n) is 4.60. The number of primary amides is 1. The van der Waals surface area contributed by atoms with Gasteiger partial charge in [0.1, 0.15) is 18.8 Å². The van der Waals surface area contributed by atoms with Gasteiger partial charge in [0.05, 0.1) is 0 Å². The minimum absolute atomic E-state index is 0.0379. The summed E-state index contributed by atoms with van der Waals surface area (Å²) in [4.78, 5) is 43.8. The Bertz CT molecular complexity index is 863. The van der Waals surface area contributed by atoms with Gasteiger partial charge in [-0.1, -0.05) is 5.16 Å². The van der Waals surface area contributed by atoms with Crippen LogP contribution >= 0.6 is 11.3 Å². The lowest BCUT2D eigenvalue weighted by Crippen LogP contribution is -2.75. The predicted octanol–water partition coefficient (Wildman–Crippen LogP) is -2.94. The Morgan fingerprint density at radius 3 is 2.60 bits per heavy atom. The molecule has 1 aliphatic heterocycles. The zero-order chi connectivity index (χ0) is 18.9. The van der Waals surface area contributed by atoms with Crippen LogP contribution in [0.3, 0.4) is 0 Å². The van der Waals surface area contributed by atoms with Gasteiger partial charge in [0.25, 0.3) is 11.8 Å². The molecule has 6 N–H and O–H groups in total. The maximum Gasteiger partial charge on any atom is 0.363 e. The molecule has 0 spiro atoms. The first-order valence-electron chi connectivity index (χ1n) is 6.31. The molecule has 1 fully saturated rings. The fourth-order valence-electron chi connectivity index (χ4n) is 2.04. The molecule has 1 saturated heterocycles. The lowest BCUT2D eigenvalue weighted by Gasteiger charge is -2.41. The average molecular weight is 392 g/mol. The topological polar surface area (TPSA) is 207 Å². The van der Waals surface area contributed by atoms with Gasteiger partial charge in [-0.3, -0.25) is 18.9 Å². The number of nitrogen functional groups attached to an aromatic ring is 1. The molecule has 2 atom stereocenters. The molecule has 0 aliphatic carbocycles. The average Bonchev–Trinajstić information content (AvgIpc) is 2.91. The first-order valence-corrected chi connectivity index (χ1v) is 8.59. The minimum atomic E-state index is -5.01. The van der Waals surface area contributed by atoms with Crippen molar-refractivity contribution in [1.82, 2.24) is 14.6 Å². The summed E-state index contributed by atoms with van der Waals surface area (Å²) in [5.41, 5.74) is 10.2. The van der Waals surface area contributed by atoms with Crippen molar-refractivity contribution in [2.24, 2.45) is 10.9 Å². The molecule has 136 valence electrons. The zero-order valence-corrected chi connectivity index (χ0v) is 14.1. The smallest absolute Gasteiger partial charge is 0.363 e. The maximum atomic E-state index is 12.3. The highest BCUT2D eigenvalue weighted by Crippen LogP contribution is 2.23. The van der Waals surface area contributed by atoms with E-state index in [4.69, 9.17) is 16.0 Å². The number of rotatable bonds is 6. The predicted molar refractivity (Wildman–Crippen MR) is 83.4 cm³/mol. The van der Waals surface area contributed by atoms with Gasteiger partial charge in [-0.25, -0.2) is 4.98 Å². The van der Waals surface area contributed by atoms with Crippen molar-refractivity contribution in [1.29, 1.82) is 0 Å². The molecule has 15 heteroatoms. The lowest BCUT2D eigenvalue weighted by atomic mass is 9.98. The van der Waals surface area contributed by atoms with Gasteiger partial charge in [-0.15, -0.1) is 11.3 Å². The van der Waals surface area contributed by atoms with Crippen LogP contribution in [0.1, 0.15) is 5.69 Å². The van der Waals surface area contributed by atoms with E-state index in [2.05, 4.69) is 20.3 Å². The number of anilines is 1. The van der Waals surface area contributed by atoms with Crippen molar-refractivity contribution in [3.63, 3.8) is 0 Å². The van der Waals surface area contributed by atoms with E-state index in [9.17, 15) is 22.8 Å². The van der Waals surface area contributed by atoms with Crippen molar-refractivity contribution in [2.45, 2.75) is 12.1 Å². The Morgan fingerprint density at radius 1 is 1.52 bits per heavy atom. The van der Waals surface area contributed by atoms with Crippen LogP contribution < -0.4 is 16.8 Å². The van der Waals surface area contributed by atoms with E-state index in [1.807, 2.05) is 0 Å². The molecule has 1 aromatic heterocycles. The van der Waals surface area contributed by atoms with Crippen LogP contribution in [0.2, 0.25) is 0 Å². The number of hydrogen-bond donors (Lipinski definition) is 4. The van der Waals surface area contributed by atoms with Crippen LogP contribution in [0.5, 0.6) is 0 Å². The number of nitrogens with one attached hydrogen (secondary N) is 1. The number of hydrogen-bond acceptors (Lipinski definition) is 10. The van der Waals surface area contributed by atoms with Gasteiger partial charge in [0.15, 0.2) is 16.9 Å². The van der Waals surface area contributed by atoms with E-state index >= 15 is 0 Å². The Labute approximate surface area is 144 Å². The third-order valence-electron chi connectivity index (χ3n) is 3.04. The number of aromatic nitrogens is 1. The number of carbonyl (C=O) groups excluding carboxylic acids is 3. The van der Waals surface area contributed by atoms with Crippen molar-refractivity contribution in [2.75, 3.05) is 12.8 Å². The molecule has 13 nitrogen and oxygen atoms in total. The minimum Gasteiger partial charge on any atom is -0.398 e. The number of nitrogens with zero attached hydrogens (tertiary/aromatic N) is 3. The third kappa shape index (κ3) is 3.52. The van der Waals surface area contributed by atoms with Gasteiger partial charge < -0.3 is 21.6 Å². The summed E-state index contributed by atoms with van der Waals surface area (Å²) in [6, 6.07) is -3.39. The molecular formula is C10H12N6O7S2. The van der Waals surface area contributed by atoms with Crippen LogP contribution in [-0.4, -0.2) is 64.9 Å². The molecular weight excluding hydrogens is 380 g/mol. The van der Waals surface area contributed by atoms with Gasteiger partial charge in [0.2, 0.25) is 5.91 Å². The maximum absolute atomic E-state index is 12.3. The molecule has 3 amide bonds. The Hall–Kier alpha value is -2.78. The summed E-state index contributed by atoms with van der Waals surface area (Å²) in [5, 5.41) is 7.10. The van der Waals surface area contributed by atoms with Crippen molar-refractivity contribution >= 4 is 50.2 Å². The lowest BCUT2D eigenvalue weighted by molar-refractivity contribution is -0.150. The number of carbonyl (C=O) groups is 3. The van der Waals surface area contributed by atoms with Gasteiger partial charge in [-0.2, -0.15) is 12.7 Å². The molecule has 2 rings (SSSR count). The number of amides is 3. The first kappa shape index (κ1) is 18.6. The highest BCUT2D eigenvalue weighted by Gasteiger charge is 2.57. The van der Waals surface area contributed by atoms with Crippen LogP contribution in [0.15, 0.2) is 10.5 Å². The van der Waals surface area contributed by atoms with E-state index in [1.54, 1.807) is 0 Å². The van der Waals surface area contributed by atoms with E-state index in [1.165, 1.54) is 5.38 Å². The van der Waals surface area contributed by atoms with E-state index < -0.39 is 40.1 Å². The van der Waals surface area contributed by atoms with Crippen molar-refractivity contribution < 1.29 is 32.2 Å². The molecule has 0 bridgehead atoms. The fourth-order valence-corrected chi connectivity index (χ4v) is 3.44. The SMILES string of the molecule is CO/N=C(\C(=O)N[C@H]1C(=O)N(S(=O)(=O)O)[C@H]1C(N)=O)c1csc(N)n1. The number of oxime groups is 1. The summed E-state index contributed by atoms with van der Waals surface area (Å²) in [7, 11) is -3.85. The van der Waals surface area contributed by atoms with E-state index in [0.717, 1.165) is 18.4 Å². The highest BCUT2D eigenvalue weighted by molar-refractivity contribution is 7.84. The Kier molecular flexibility index (Phi) is 4.91. The monoisotopic (exact) mass is 392 g/mol. The quantitative estimate of drug-likeness (QED) is 0.169. The second kappa shape index (κ2) is 6.61. The van der Waals surface area contributed by atoms with Crippen LogP contribution in [0.4, 0.5) is 5.13 Å². The molecule has 0 saturated carbocycles. The molecule has 25 heavy (non-hydrogen) atoms. The molecule has 0 radical (unpaired) electrons. The second-order valence-corrected chi connectivity index (χ2v) is 6.78. The third-order valence-corrected chi connectivity index (χ3v) is 4.62. The summed E-state index contributed by atoms with van der Waals surface area (Å²) in [6.07, 6.45) is 0.